The quantitative estimate of drug-likeness (QED) is 0.501. The molecular formula is C20H27N3O5S2. The lowest BCUT2D eigenvalue weighted by Crippen LogP contribution is -2.46. The molecule has 0 radical (unpaired) electrons. The van der Waals surface area contributed by atoms with Gasteiger partial charge in [-0.15, -0.1) is 0 Å². The minimum Gasteiger partial charge on any atom is -0.361 e. The van der Waals surface area contributed by atoms with Gasteiger partial charge in [-0.25, -0.2) is 8.42 Å². The highest BCUT2D eigenvalue weighted by Gasteiger charge is 2.36. The molecular weight excluding hydrogens is 426 g/mol. The molecule has 0 saturated carbocycles. The zero-order valence-electron chi connectivity index (χ0n) is 17.3. The van der Waals surface area contributed by atoms with Gasteiger partial charge in [-0.05, 0) is 36.2 Å². The summed E-state index contributed by atoms with van der Waals surface area (Å²) in [6.45, 7) is 0.664. The van der Waals surface area contributed by atoms with E-state index in [1.807, 2.05) is 6.07 Å². The number of hydrogen-bond donors (Lipinski definition) is 1. The van der Waals surface area contributed by atoms with Crippen molar-refractivity contribution >= 4 is 31.0 Å². The second kappa shape index (κ2) is 7.76. The van der Waals surface area contributed by atoms with Crippen molar-refractivity contribution in [1.29, 1.82) is 0 Å². The molecule has 0 amide bonds. The van der Waals surface area contributed by atoms with Crippen LogP contribution in [-0.2, 0) is 30.7 Å². The number of hydrogen-bond acceptors (Lipinski definition) is 6. The molecule has 30 heavy (non-hydrogen) atoms. The Bertz CT molecular complexity index is 1200. The molecule has 0 spiro atoms. The lowest BCUT2D eigenvalue weighted by atomic mass is 9.76. The van der Waals surface area contributed by atoms with Gasteiger partial charge >= 0.3 is 0 Å². The van der Waals surface area contributed by atoms with Gasteiger partial charge in [-0.3, -0.25) is 9.08 Å². The van der Waals surface area contributed by atoms with Crippen LogP contribution in [-0.4, -0.2) is 82.9 Å². The Morgan fingerprint density at radius 3 is 2.70 bits per heavy atom. The Balaban J connectivity index is 1.61. The zero-order chi connectivity index (χ0) is 21.7. The highest BCUT2D eigenvalue weighted by molar-refractivity contribution is 7.88. The summed E-state index contributed by atoms with van der Waals surface area (Å²) in [7, 11) is -5.06. The van der Waals surface area contributed by atoms with Gasteiger partial charge in [0.2, 0.25) is 10.0 Å². The molecule has 1 aromatic carbocycles. The average Bonchev–Trinajstić information content (AvgIpc) is 3.05. The first-order chi connectivity index (χ1) is 14.0. The second-order valence-corrected chi connectivity index (χ2v) is 11.9. The van der Waals surface area contributed by atoms with E-state index in [2.05, 4.69) is 41.3 Å². The van der Waals surface area contributed by atoms with Crippen molar-refractivity contribution in [3.8, 4) is 0 Å². The van der Waals surface area contributed by atoms with E-state index in [4.69, 9.17) is 4.18 Å². The van der Waals surface area contributed by atoms with Crippen LogP contribution in [0.2, 0.25) is 0 Å². The highest BCUT2D eigenvalue weighted by atomic mass is 32.2. The molecule has 1 aliphatic carbocycles. The van der Waals surface area contributed by atoms with Crippen LogP contribution < -0.4 is 0 Å². The fourth-order valence-electron chi connectivity index (χ4n) is 4.64. The van der Waals surface area contributed by atoms with E-state index in [-0.39, 0.29) is 25.6 Å². The number of H-pyrrole nitrogens is 1. The third-order valence-corrected chi connectivity index (χ3v) is 7.79. The molecule has 4 rings (SSSR count). The number of fused-ring (bicyclic) bond motifs is 2. The number of aromatic amines is 1. The maximum atomic E-state index is 12.3. The maximum absolute atomic E-state index is 12.3. The van der Waals surface area contributed by atoms with Crippen molar-refractivity contribution in [2.75, 3.05) is 45.8 Å². The molecule has 1 aliphatic heterocycles. The van der Waals surface area contributed by atoms with Crippen LogP contribution >= 0.6 is 0 Å². The largest absolute Gasteiger partial charge is 0.361 e. The van der Waals surface area contributed by atoms with Crippen LogP contribution in [0.4, 0.5) is 0 Å². The summed E-state index contributed by atoms with van der Waals surface area (Å²) in [5.41, 5.74) is 4.70. The Morgan fingerprint density at radius 2 is 2.00 bits per heavy atom. The fourth-order valence-corrected chi connectivity index (χ4v) is 5.82. The van der Waals surface area contributed by atoms with Crippen molar-refractivity contribution in [3.05, 3.63) is 47.2 Å². The Morgan fingerprint density at radius 1 is 1.23 bits per heavy atom. The molecule has 2 aliphatic rings. The molecule has 0 bridgehead atoms. The topological polar surface area (TPSA) is 99.8 Å². The van der Waals surface area contributed by atoms with Crippen molar-refractivity contribution in [2.24, 2.45) is 0 Å². The van der Waals surface area contributed by atoms with Gasteiger partial charge in [0.05, 0.1) is 19.1 Å². The summed E-state index contributed by atoms with van der Waals surface area (Å²) in [5.74, 6) is 0.180. The number of sulfonamides is 1. The van der Waals surface area contributed by atoms with E-state index in [0.29, 0.717) is 12.6 Å². The zero-order valence-corrected chi connectivity index (χ0v) is 19.0. The van der Waals surface area contributed by atoms with Crippen LogP contribution in [0, 0.1) is 0 Å². The number of aromatic nitrogens is 1. The number of nitrogens with zero attached hydrogens (tertiary/aromatic N) is 2. The first-order valence-electron chi connectivity index (χ1n) is 9.81. The van der Waals surface area contributed by atoms with E-state index in [9.17, 15) is 16.8 Å². The predicted octanol–water partition coefficient (Wildman–Crippen LogP) is 1.29. The van der Waals surface area contributed by atoms with E-state index in [1.165, 1.54) is 20.8 Å². The van der Waals surface area contributed by atoms with Crippen LogP contribution in [0.1, 0.15) is 17.0 Å². The van der Waals surface area contributed by atoms with Crippen molar-refractivity contribution < 1.29 is 21.0 Å². The SMILES string of the molecule is CN1CC(CN(CCOS(C)(=O)=O)S(C)(=O)=O)=CC2c3cccc4[nH]cc(c34)C[C@H]21. The van der Waals surface area contributed by atoms with Gasteiger partial charge in [0.25, 0.3) is 10.1 Å². The Labute approximate surface area is 177 Å². The lowest BCUT2D eigenvalue weighted by molar-refractivity contribution is 0.217. The predicted molar refractivity (Wildman–Crippen MR) is 116 cm³/mol. The first kappa shape index (κ1) is 21.5. The van der Waals surface area contributed by atoms with Gasteiger partial charge < -0.3 is 4.98 Å². The summed E-state index contributed by atoms with van der Waals surface area (Å²) < 4.78 is 53.0. The lowest BCUT2D eigenvalue weighted by Gasteiger charge is -2.42. The normalized spacial score (nSPS) is 22.3. The first-order valence-corrected chi connectivity index (χ1v) is 13.5. The molecule has 10 heteroatoms. The van der Waals surface area contributed by atoms with Crippen LogP contribution in [0.5, 0.6) is 0 Å². The van der Waals surface area contributed by atoms with Gasteiger partial charge in [0.15, 0.2) is 0 Å². The van der Waals surface area contributed by atoms with Crippen molar-refractivity contribution in [2.45, 2.75) is 18.4 Å². The minimum atomic E-state index is -3.62. The molecule has 0 fully saturated rings. The number of likely N-dealkylation sites (N-methyl/N-ethyl adjacent to an activating group) is 1. The molecule has 164 valence electrons. The van der Waals surface area contributed by atoms with E-state index < -0.39 is 20.1 Å². The molecule has 8 nitrogen and oxygen atoms in total. The van der Waals surface area contributed by atoms with Crippen molar-refractivity contribution in [3.63, 3.8) is 0 Å². The summed E-state index contributed by atoms with van der Waals surface area (Å²) in [6.07, 6.45) is 7.32. The van der Waals surface area contributed by atoms with Gasteiger partial charge in [0, 0.05) is 48.7 Å². The van der Waals surface area contributed by atoms with Crippen LogP contribution in [0.25, 0.3) is 10.9 Å². The third-order valence-electron chi connectivity index (χ3n) is 5.94. The average molecular weight is 454 g/mol. The van der Waals surface area contributed by atoms with Crippen LogP contribution in [0.15, 0.2) is 36.0 Å². The highest BCUT2D eigenvalue weighted by Crippen LogP contribution is 2.41. The fraction of sp³-hybridized carbons (Fsp3) is 0.500. The molecule has 2 heterocycles. The number of benzene rings is 1. The Kier molecular flexibility index (Phi) is 5.56. The molecule has 1 aromatic heterocycles. The standard InChI is InChI=1S/C20H27N3O5S2/c1-22-12-14(13-23(29(2,24)25)7-8-28-30(3,26)27)9-17-16-5-4-6-18-20(16)15(11-21-18)10-19(17)22/h4-6,9,11,17,19,21H,7-8,10,12-13H2,1-3H3/t17?,19-/m1/s1. The number of rotatable bonds is 7. The second-order valence-electron chi connectivity index (χ2n) is 8.24. The molecule has 2 atom stereocenters. The van der Waals surface area contributed by atoms with Crippen LogP contribution in [0.3, 0.4) is 0 Å². The smallest absolute Gasteiger partial charge is 0.264 e. The van der Waals surface area contributed by atoms with Gasteiger partial charge in [-0.1, -0.05) is 18.2 Å². The van der Waals surface area contributed by atoms with Gasteiger partial charge in [0.1, 0.15) is 0 Å². The van der Waals surface area contributed by atoms with Crippen molar-refractivity contribution in [1.82, 2.24) is 14.2 Å². The minimum absolute atomic E-state index is 0.0153. The molecule has 2 aromatic rings. The Hall–Kier alpha value is -1.72. The monoisotopic (exact) mass is 453 g/mol. The van der Waals surface area contributed by atoms with E-state index in [1.54, 1.807) is 0 Å². The van der Waals surface area contributed by atoms with E-state index >= 15 is 0 Å². The summed E-state index contributed by atoms with van der Waals surface area (Å²) in [5, 5.41) is 1.27. The molecule has 1 N–H and O–H groups in total. The third kappa shape index (κ3) is 4.33. The summed E-state index contributed by atoms with van der Waals surface area (Å²) >= 11 is 0. The molecule has 0 saturated heterocycles. The maximum Gasteiger partial charge on any atom is 0.264 e. The summed E-state index contributed by atoms with van der Waals surface area (Å²) in [6, 6.07) is 6.60. The van der Waals surface area contributed by atoms with Gasteiger partial charge in [-0.2, -0.15) is 12.7 Å². The molecule has 1 unspecified atom stereocenters. The number of nitrogens with one attached hydrogen (secondary N) is 1. The van der Waals surface area contributed by atoms with E-state index in [0.717, 1.165) is 30.0 Å². The summed E-state index contributed by atoms with van der Waals surface area (Å²) in [4.78, 5) is 5.63.